The van der Waals surface area contributed by atoms with Gasteiger partial charge >= 0.3 is 5.97 Å². The maximum absolute atomic E-state index is 12.8. The second kappa shape index (κ2) is 8.89. The number of methoxy groups -OCH3 is 1. The third-order valence-corrected chi connectivity index (χ3v) is 4.59. The van der Waals surface area contributed by atoms with Crippen LogP contribution in [-0.4, -0.2) is 61.9 Å². The van der Waals surface area contributed by atoms with Crippen molar-refractivity contribution in [2.24, 2.45) is 5.41 Å². The van der Waals surface area contributed by atoms with Gasteiger partial charge in [-0.1, -0.05) is 6.92 Å². The molecule has 0 atom stereocenters. The summed E-state index contributed by atoms with van der Waals surface area (Å²) in [5.74, 6) is -0.437. The van der Waals surface area contributed by atoms with Crippen LogP contribution in [0.5, 0.6) is 11.5 Å². The van der Waals surface area contributed by atoms with Crippen molar-refractivity contribution in [3.8, 4) is 11.5 Å². The van der Waals surface area contributed by atoms with Gasteiger partial charge in [0.15, 0.2) is 18.1 Å². The predicted molar refractivity (Wildman–Crippen MR) is 95.9 cm³/mol. The Bertz CT molecular complexity index is 637. The van der Waals surface area contributed by atoms with Gasteiger partial charge in [-0.05, 0) is 43.4 Å². The fourth-order valence-electron chi connectivity index (χ4n) is 3.09. The Morgan fingerprint density at radius 2 is 1.88 bits per heavy atom. The van der Waals surface area contributed by atoms with Gasteiger partial charge in [0.2, 0.25) is 0 Å². The zero-order valence-electron chi connectivity index (χ0n) is 15.6. The number of nitrogens with zero attached hydrogens (tertiary/aromatic N) is 1. The number of likely N-dealkylation sites (tertiary alicyclic amines) is 1. The topological polar surface area (TPSA) is 85.3 Å². The van der Waals surface area contributed by atoms with Crippen LogP contribution in [0, 0.1) is 5.41 Å². The summed E-state index contributed by atoms with van der Waals surface area (Å²) in [5, 5.41) is 8.75. The molecule has 1 fully saturated rings. The smallest absolute Gasteiger partial charge is 0.341 e. The number of ether oxygens (including phenoxy) is 3. The van der Waals surface area contributed by atoms with Gasteiger partial charge in [-0.2, -0.15) is 0 Å². The van der Waals surface area contributed by atoms with Crippen LogP contribution in [0.1, 0.15) is 37.0 Å². The molecule has 1 heterocycles. The van der Waals surface area contributed by atoms with E-state index in [4.69, 9.17) is 19.3 Å². The number of rotatable bonds is 8. The molecular weight excluding hydrogens is 338 g/mol. The van der Waals surface area contributed by atoms with Gasteiger partial charge in [0, 0.05) is 25.8 Å². The quantitative estimate of drug-likeness (QED) is 0.762. The van der Waals surface area contributed by atoms with Crippen molar-refractivity contribution in [1.29, 1.82) is 0 Å². The highest BCUT2D eigenvalue weighted by molar-refractivity contribution is 5.95. The van der Waals surface area contributed by atoms with Gasteiger partial charge in [0.05, 0.1) is 13.2 Å². The van der Waals surface area contributed by atoms with Crippen molar-refractivity contribution in [1.82, 2.24) is 4.90 Å². The third kappa shape index (κ3) is 5.11. The molecule has 0 spiro atoms. The third-order valence-electron chi connectivity index (χ3n) is 4.59. The molecule has 1 aliphatic heterocycles. The number of hydrogen-bond acceptors (Lipinski definition) is 5. The molecule has 2 rings (SSSR count). The molecule has 144 valence electrons. The SMILES string of the molecule is CCOc1cc(C(=O)N2CCC(C)(COC)CC2)ccc1OCC(=O)O. The van der Waals surface area contributed by atoms with Crippen molar-refractivity contribution in [3.05, 3.63) is 23.8 Å². The Hall–Kier alpha value is -2.28. The second-order valence-corrected chi connectivity index (χ2v) is 6.81. The van der Waals surface area contributed by atoms with Gasteiger partial charge in [0.25, 0.3) is 5.91 Å². The summed E-state index contributed by atoms with van der Waals surface area (Å²) in [6.45, 7) is 5.98. The Labute approximate surface area is 153 Å². The highest BCUT2D eigenvalue weighted by atomic mass is 16.5. The number of carboxylic acids is 1. The maximum Gasteiger partial charge on any atom is 0.341 e. The summed E-state index contributed by atoms with van der Waals surface area (Å²) in [6.07, 6.45) is 1.79. The van der Waals surface area contributed by atoms with Crippen molar-refractivity contribution in [3.63, 3.8) is 0 Å². The molecule has 0 aromatic heterocycles. The number of piperidine rings is 1. The van der Waals surface area contributed by atoms with Crippen LogP contribution in [0.2, 0.25) is 0 Å². The molecule has 1 aromatic rings. The number of amides is 1. The number of aliphatic carboxylic acids is 1. The molecule has 0 unspecified atom stereocenters. The van der Waals surface area contributed by atoms with E-state index in [1.807, 2.05) is 11.8 Å². The standard InChI is InChI=1S/C19H27NO6/c1-4-25-16-11-14(5-6-15(16)26-12-17(21)22)18(23)20-9-7-19(2,8-10-20)13-24-3/h5-6,11H,4,7-10,12-13H2,1-3H3,(H,21,22). The van der Waals surface area contributed by atoms with Gasteiger partial charge in [-0.15, -0.1) is 0 Å². The highest BCUT2D eigenvalue weighted by Crippen LogP contribution is 2.33. The Morgan fingerprint density at radius 1 is 1.19 bits per heavy atom. The normalized spacial score (nSPS) is 16.2. The lowest BCUT2D eigenvalue weighted by Crippen LogP contribution is -2.43. The summed E-state index contributed by atoms with van der Waals surface area (Å²) >= 11 is 0. The molecule has 1 N–H and O–H groups in total. The number of benzene rings is 1. The molecular formula is C19H27NO6. The van der Waals surface area contributed by atoms with Crippen LogP contribution in [0.15, 0.2) is 18.2 Å². The van der Waals surface area contributed by atoms with E-state index in [0.29, 0.717) is 43.4 Å². The molecule has 1 saturated heterocycles. The molecule has 7 heteroatoms. The first-order valence-electron chi connectivity index (χ1n) is 8.78. The second-order valence-electron chi connectivity index (χ2n) is 6.81. The Balaban J connectivity index is 2.09. The molecule has 7 nitrogen and oxygen atoms in total. The number of carbonyl (C=O) groups excluding carboxylic acids is 1. The minimum absolute atomic E-state index is 0.0600. The molecule has 0 saturated carbocycles. The van der Waals surface area contributed by atoms with Gasteiger partial charge < -0.3 is 24.2 Å². The first kappa shape index (κ1) is 20.0. The number of hydrogen-bond donors (Lipinski definition) is 1. The van der Waals surface area contributed by atoms with Gasteiger partial charge in [-0.3, -0.25) is 4.79 Å². The average molecular weight is 365 g/mol. The van der Waals surface area contributed by atoms with Crippen molar-refractivity contribution in [2.45, 2.75) is 26.7 Å². The van der Waals surface area contributed by atoms with E-state index in [2.05, 4.69) is 6.92 Å². The lowest BCUT2D eigenvalue weighted by atomic mass is 9.81. The predicted octanol–water partition coefficient (Wildman–Crippen LogP) is 2.44. The largest absolute Gasteiger partial charge is 0.490 e. The monoisotopic (exact) mass is 365 g/mol. The summed E-state index contributed by atoms with van der Waals surface area (Å²) < 4.78 is 16.0. The fraction of sp³-hybridized carbons (Fsp3) is 0.579. The lowest BCUT2D eigenvalue weighted by molar-refractivity contribution is -0.139. The summed E-state index contributed by atoms with van der Waals surface area (Å²) in [7, 11) is 1.70. The molecule has 1 aromatic carbocycles. The minimum Gasteiger partial charge on any atom is -0.490 e. The number of carbonyl (C=O) groups is 2. The van der Waals surface area contributed by atoms with E-state index < -0.39 is 12.6 Å². The van der Waals surface area contributed by atoms with Gasteiger partial charge in [0.1, 0.15) is 0 Å². The average Bonchev–Trinajstić information content (AvgIpc) is 2.61. The molecule has 0 aliphatic carbocycles. The van der Waals surface area contributed by atoms with E-state index in [1.54, 1.807) is 25.3 Å². The van der Waals surface area contributed by atoms with Crippen LogP contribution in [0.25, 0.3) is 0 Å². The maximum atomic E-state index is 12.8. The summed E-state index contributed by atoms with van der Waals surface area (Å²) in [4.78, 5) is 25.3. The summed E-state index contributed by atoms with van der Waals surface area (Å²) in [5.41, 5.74) is 0.614. The number of carboxylic acid groups (broad SMARTS) is 1. The molecule has 1 amide bonds. The van der Waals surface area contributed by atoms with E-state index in [-0.39, 0.29) is 11.3 Å². The van der Waals surface area contributed by atoms with Crippen LogP contribution in [-0.2, 0) is 9.53 Å². The van der Waals surface area contributed by atoms with Gasteiger partial charge in [-0.25, -0.2) is 4.79 Å². The highest BCUT2D eigenvalue weighted by Gasteiger charge is 2.32. The van der Waals surface area contributed by atoms with E-state index in [9.17, 15) is 9.59 Å². The van der Waals surface area contributed by atoms with Crippen molar-refractivity contribution in [2.75, 3.05) is 40.0 Å². The summed E-state index contributed by atoms with van der Waals surface area (Å²) in [6, 6.07) is 4.84. The van der Waals surface area contributed by atoms with Crippen LogP contribution < -0.4 is 9.47 Å². The van der Waals surface area contributed by atoms with E-state index >= 15 is 0 Å². The van der Waals surface area contributed by atoms with E-state index in [0.717, 1.165) is 12.8 Å². The van der Waals surface area contributed by atoms with Crippen LogP contribution in [0.3, 0.4) is 0 Å². The molecule has 0 radical (unpaired) electrons. The van der Waals surface area contributed by atoms with Crippen molar-refractivity contribution < 1.29 is 28.9 Å². The first-order chi connectivity index (χ1) is 12.4. The van der Waals surface area contributed by atoms with Crippen LogP contribution in [0.4, 0.5) is 0 Å². The zero-order chi connectivity index (χ0) is 19.2. The fourth-order valence-corrected chi connectivity index (χ4v) is 3.09. The Morgan fingerprint density at radius 3 is 2.46 bits per heavy atom. The van der Waals surface area contributed by atoms with Crippen molar-refractivity contribution >= 4 is 11.9 Å². The molecule has 0 bridgehead atoms. The first-order valence-corrected chi connectivity index (χ1v) is 8.78. The molecule has 1 aliphatic rings. The van der Waals surface area contributed by atoms with E-state index in [1.165, 1.54) is 0 Å². The Kier molecular flexibility index (Phi) is 6.85. The zero-order valence-corrected chi connectivity index (χ0v) is 15.6. The van der Waals surface area contributed by atoms with Crippen LogP contribution >= 0.6 is 0 Å². The lowest BCUT2D eigenvalue weighted by Gasteiger charge is -2.39. The minimum atomic E-state index is -1.07. The molecule has 26 heavy (non-hydrogen) atoms.